The quantitative estimate of drug-likeness (QED) is 0.870. The van der Waals surface area contributed by atoms with Crippen LogP contribution in [-0.4, -0.2) is 35.5 Å². The molecule has 0 radical (unpaired) electrons. The third-order valence-corrected chi connectivity index (χ3v) is 3.93. The van der Waals surface area contributed by atoms with Crippen LogP contribution in [-0.2, 0) is 17.8 Å². The highest BCUT2D eigenvalue weighted by Gasteiger charge is 2.24. The molecule has 0 spiro atoms. The molecule has 1 heterocycles. The molecule has 20 heavy (non-hydrogen) atoms. The fraction of sp³-hybridized carbons (Fsp3) is 0.562. The van der Waals surface area contributed by atoms with Crippen molar-refractivity contribution >= 4 is 5.91 Å². The average molecular weight is 275 g/mol. The third-order valence-electron chi connectivity index (χ3n) is 3.93. The number of hydrogen-bond donors (Lipinski definition) is 2. The van der Waals surface area contributed by atoms with Gasteiger partial charge in [-0.2, -0.15) is 0 Å². The summed E-state index contributed by atoms with van der Waals surface area (Å²) in [5, 5.41) is 2.94. The minimum Gasteiger partial charge on any atom is -0.353 e. The van der Waals surface area contributed by atoms with E-state index in [9.17, 15) is 4.79 Å². The summed E-state index contributed by atoms with van der Waals surface area (Å²) < 4.78 is 0. The number of carbonyl (C=O) groups is 1. The molecule has 4 nitrogen and oxygen atoms in total. The molecule has 0 aromatic heterocycles. The first-order valence-electron chi connectivity index (χ1n) is 7.26. The van der Waals surface area contributed by atoms with Crippen LogP contribution in [0.15, 0.2) is 24.3 Å². The molecule has 0 bridgehead atoms. The van der Waals surface area contributed by atoms with Gasteiger partial charge in [0.15, 0.2) is 0 Å². The van der Waals surface area contributed by atoms with E-state index in [0.29, 0.717) is 12.6 Å². The van der Waals surface area contributed by atoms with Gasteiger partial charge in [-0.25, -0.2) is 0 Å². The summed E-state index contributed by atoms with van der Waals surface area (Å²) in [6, 6.07) is 8.90. The van der Waals surface area contributed by atoms with Crippen LogP contribution >= 0.6 is 0 Å². The Morgan fingerprint density at radius 1 is 1.40 bits per heavy atom. The van der Waals surface area contributed by atoms with Gasteiger partial charge >= 0.3 is 0 Å². The number of hydrogen-bond acceptors (Lipinski definition) is 3. The van der Waals surface area contributed by atoms with Crippen molar-refractivity contribution in [3.8, 4) is 0 Å². The molecule has 1 atom stereocenters. The van der Waals surface area contributed by atoms with E-state index in [2.05, 4.69) is 41.4 Å². The standard InChI is InChI=1S/C16H25N3O/c1-12(10-18-15(20)16(2,3)17)19-9-8-13-6-4-5-7-14(13)11-19/h4-7,12H,8-11,17H2,1-3H3,(H,18,20). The van der Waals surface area contributed by atoms with Crippen molar-refractivity contribution in [2.45, 2.75) is 45.3 Å². The van der Waals surface area contributed by atoms with E-state index in [1.165, 1.54) is 11.1 Å². The fourth-order valence-corrected chi connectivity index (χ4v) is 2.49. The number of benzene rings is 1. The van der Waals surface area contributed by atoms with Gasteiger partial charge < -0.3 is 11.1 Å². The number of amides is 1. The SMILES string of the molecule is CC(CNC(=O)C(C)(C)N)N1CCc2ccccc2C1. The highest BCUT2D eigenvalue weighted by molar-refractivity contribution is 5.85. The lowest BCUT2D eigenvalue weighted by molar-refractivity contribution is -0.125. The van der Waals surface area contributed by atoms with Gasteiger partial charge in [0, 0.05) is 25.7 Å². The summed E-state index contributed by atoms with van der Waals surface area (Å²) in [7, 11) is 0. The minimum absolute atomic E-state index is 0.0956. The summed E-state index contributed by atoms with van der Waals surface area (Å²) in [5.41, 5.74) is 7.82. The zero-order valence-electron chi connectivity index (χ0n) is 12.6. The Balaban J connectivity index is 1.89. The van der Waals surface area contributed by atoms with Gasteiger partial charge in [0.2, 0.25) is 5.91 Å². The normalized spacial score (nSPS) is 17.4. The first kappa shape index (κ1) is 15.0. The number of carbonyl (C=O) groups excluding carboxylic acids is 1. The van der Waals surface area contributed by atoms with Crippen LogP contribution in [0.3, 0.4) is 0 Å². The van der Waals surface area contributed by atoms with Gasteiger partial charge in [-0.15, -0.1) is 0 Å². The molecule has 3 N–H and O–H groups in total. The van der Waals surface area contributed by atoms with E-state index in [0.717, 1.165) is 19.5 Å². The highest BCUT2D eigenvalue weighted by atomic mass is 16.2. The van der Waals surface area contributed by atoms with Crippen LogP contribution in [0.2, 0.25) is 0 Å². The second kappa shape index (κ2) is 5.94. The summed E-state index contributed by atoms with van der Waals surface area (Å²) in [5.74, 6) is -0.0956. The topological polar surface area (TPSA) is 58.4 Å². The van der Waals surface area contributed by atoms with Crippen LogP contribution in [0, 0.1) is 0 Å². The zero-order valence-corrected chi connectivity index (χ0v) is 12.6. The fourth-order valence-electron chi connectivity index (χ4n) is 2.49. The maximum atomic E-state index is 11.8. The Morgan fingerprint density at radius 3 is 2.70 bits per heavy atom. The first-order valence-corrected chi connectivity index (χ1v) is 7.26. The van der Waals surface area contributed by atoms with Gasteiger partial charge in [0.25, 0.3) is 0 Å². The summed E-state index contributed by atoms with van der Waals surface area (Å²) >= 11 is 0. The Hall–Kier alpha value is -1.39. The van der Waals surface area contributed by atoms with E-state index in [1.807, 2.05) is 0 Å². The number of nitrogens with one attached hydrogen (secondary N) is 1. The first-order chi connectivity index (χ1) is 9.38. The molecule has 0 saturated heterocycles. The van der Waals surface area contributed by atoms with E-state index >= 15 is 0 Å². The van der Waals surface area contributed by atoms with Crippen molar-refractivity contribution in [3.05, 3.63) is 35.4 Å². The molecule has 1 aliphatic rings. The molecular formula is C16H25N3O. The van der Waals surface area contributed by atoms with Gasteiger partial charge in [-0.1, -0.05) is 24.3 Å². The van der Waals surface area contributed by atoms with E-state index in [4.69, 9.17) is 5.73 Å². The Bertz CT molecular complexity index is 479. The average Bonchev–Trinajstić information content (AvgIpc) is 2.42. The molecule has 0 saturated carbocycles. The number of nitrogens with two attached hydrogens (primary N) is 1. The highest BCUT2D eigenvalue weighted by Crippen LogP contribution is 2.19. The van der Waals surface area contributed by atoms with Crippen molar-refractivity contribution in [3.63, 3.8) is 0 Å². The van der Waals surface area contributed by atoms with Gasteiger partial charge in [0.05, 0.1) is 5.54 Å². The number of nitrogens with zero attached hydrogens (tertiary/aromatic N) is 1. The minimum atomic E-state index is -0.811. The van der Waals surface area contributed by atoms with Crippen molar-refractivity contribution in [2.24, 2.45) is 5.73 Å². The van der Waals surface area contributed by atoms with Crippen LogP contribution in [0.1, 0.15) is 31.9 Å². The van der Waals surface area contributed by atoms with Gasteiger partial charge in [-0.05, 0) is 38.3 Å². The molecule has 1 aliphatic heterocycles. The van der Waals surface area contributed by atoms with Crippen LogP contribution in [0.4, 0.5) is 0 Å². The molecule has 110 valence electrons. The molecule has 0 fully saturated rings. The molecule has 2 rings (SSSR count). The molecular weight excluding hydrogens is 250 g/mol. The number of fused-ring (bicyclic) bond motifs is 1. The Morgan fingerprint density at radius 2 is 2.05 bits per heavy atom. The molecule has 1 aromatic rings. The predicted molar refractivity (Wildman–Crippen MR) is 81.3 cm³/mol. The second-order valence-corrected chi connectivity index (χ2v) is 6.27. The third kappa shape index (κ3) is 3.58. The number of rotatable bonds is 4. The maximum absolute atomic E-state index is 11.8. The lowest BCUT2D eigenvalue weighted by atomic mass is 9.99. The predicted octanol–water partition coefficient (Wildman–Crippen LogP) is 1.29. The Labute approximate surface area is 121 Å². The molecule has 1 aromatic carbocycles. The lowest BCUT2D eigenvalue weighted by Gasteiger charge is -2.34. The van der Waals surface area contributed by atoms with Gasteiger partial charge in [-0.3, -0.25) is 9.69 Å². The summed E-state index contributed by atoms with van der Waals surface area (Å²) in [4.78, 5) is 14.2. The second-order valence-electron chi connectivity index (χ2n) is 6.27. The van der Waals surface area contributed by atoms with Crippen LogP contribution in [0.25, 0.3) is 0 Å². The summed E-state index contributed by atoms with van der Waals surface area (Å²) in [6.07, 6.45) is 1.08. The summed E-state index contributed by atoms with van der Waals surface area (Å²) in [6.45, 7) is 8.24. The van der Waals surface area contributed by atoms with Crippen molar-refractivity contribution in [2.75, 3.05) is 13.1 Å². The van der Waals surface area contributed by atoms with E-state index in [1.54, 1.807) is 13.8 Å². The van der Waals surface area contributed by atoms with Crippen LogP contribution in [0.5, 0.6) is 0 Å². The molecule has 1 amide bonds. The maximum Gasteiger partial charge on any atom is 0.239 e. The largest absolute Gasteiger partial charge is 0.353 e. The molecule has 1 unspecified atom stereocenters. The lowest BCUT2D eigenvalue weighted by Crippen LogP contribution is -2.52. The molecule has 0 aliphatic carbocycles. The van der Waals surface area contributed by atoms with Crippen molar-refractivity contribution < 1.29 is 4.79 Å². The smallest absolute Gasteiger partial charge is 0.239 e. The van der Waals surface area contributed by atoms with Crippen LogP contribution < -0.4 is 11.1 Å². The zero-order chi connectivity index (χ0) is 14.8. The van der Waals surface area contributed by atoms with E-state index in [-0.39, 0.29) is 5.91 Å². The van der Waals surface area contributed by atoms with Crippen molar-refractivity contribution in [1.29, 1.82) is 0 Å². The van der Waals surface area contributed by atoms with Crippen molar-refractivity contribution in [1.82, 2.24) is 10.2 Å². The molecule has 4 heteroatoms. The van der Waals surface area contributed by atoms with Gasteiger partial charge in [0.1, 0.15) is 0 Å². The van der Waals surface area contributed by atoms with E-state index < -0.39 is 5.54 Å². The monoisotopic (exact) mass is 275 g/mol. The Kier molecular flexibility index (Phi) is 4.45.